The Morgan fingerprint density at radius 1 is 1.36 bits per heavy atom. The number of nitrogens with one attached hydrogen (secondary N) is 1. The second-order valence-electron chi connectivity index (χ2n) is 6.83. The van der Waals surface area contributed by atoms with Crippen molar-refractivity contribution >= 4 is 17.0 Å². The molecule has 28 heavy (non-hydrogen) atoms. The van der Waals surface area contributed by atoms with Crippen LogP contribution in [0.3, 0.4) is 0 Å². The fraction of sp³-hybridized carbons (Fsp3) is 0.389. The maximum Gasteiger partial charge on any atom is 0.270 e. The Bertz CT molecular complexity index is 1090. The monoisotopic (exact) mass is 395 g/mol. The Hall–Kier alpha value is -2.88. The van der Waals surface area contributed by atoms with Crippen LogP contribution >= 0.6 is 0 Å². The molecule has 0 amide bonds. The molecule has 0 aliphatic rings. The van der Waals surface area contributed by atoms with Gasteiger partial charge < -0.3 is 10.0 Å². The molecule has 0 fully saturated rings. The lowest BCUT2D eigenvalue weighted by Gasteiger charge is -2.17. The average Bonchev–Trinajstić information content (AvgIpc) is 2.99. The van der Waals surface area contributed by atoms with E-state index in [0.717, 1.165) is 12.1 Å². The zero-order chi connectivity index (χ0) is 20.8. The lowest BCUT2D eigenvalue weighted by atomic mass is 10.0. The summed E-state index contributed by atoms with van der Waals surface area (Å²) in [7, 11) is 3.37. The number of benzene rings is 1. The van der Waals surface area contributed by atoms with E-state index < -0.39 is 35.5 Å². The van der Waals surface area contributed by atoms with Crippen LogP contribution in [0.1, 0.15) is 36.7 Å². The number of aliphatic hydroxyl groups is 1. The number of hydrogen-bond acceptors (Lipinski definition) is 5. The predicted molar refractivity (Wildman–Crippen MR) is 98.2 cm³/mol. The third-order valence-corrected chi connectivity index (χ3v) is 4.52. The molecule has 2 heterocycles. The second-order valence-corrected chi connectivity index (χ2v) is 6.83. The van der Waals surface area contributed by atoms with Gasteiger partial charge in [-0.25, -0.2) is 17.9 Å². The SMILES string of the molecule is C[C@H](c1ccc(C(C)(F)F)cc1F)n1nc(CO)c2c(=O)[nH]c(N(C)C)nc21. The van der Waals surface area contributed by atoms with Crippen LogP contribution in [0.15, 0.2) is 23.0 Å². The lowest BCUT2D eigenvalue weighted by molar-refractivity contribution is 0.0171. The van der Waals surface area contributed by atoms with E-state index in [9.17, 15) is 23.1 Å². The van der Waals surface area contributed by atoms with Crippen LogP contribution in [0.5, 0.6) is 0 Å². The van der Waals surface area contributed by atoms with Gasteiger partial charge >= 0.3 is 0 Å². The van der Waals surface area contributed by atoms with Gasteiger partial charge in [-0.05, 0) is 13.0 Å². The smallest absolute Gasteiger partial charge is 0.270 e. The topological polar surface area (TPSA) is 87.0 Å². The molecule has 1 aromatic carbocycles. The van der Waals surface area contributed by atoms with Gasteiger partial charge in [0.25, 0.3) is 11.5 Å². The maximum absolute atomic E-state index is 14.6. The van der Waals surface area contributed by atoms with Crippen LogP contribution in [0.4, 0.5) is 19.1 Å². The van der Waals surface area contributed by atoms with Crippen LogP contribution in [-0.4, -0.2) is 39.0 Å². The van der Waals surface area contributed by atoms with E-state index in [0.29, 0.717) is 6.92 Å². The Balaban J connectivity index is 2.19. The molecule has 7 nitrogen and oxygen atoms in total. The molecule has 0 saturated carbocycles. The van der Waals surface area contributed by atoms with Gasteiger partial charge in [0.15, 0.2) is 5.65 Å². The summed E-state index contributed by atoms with van der Waals surface area (Å²) in [6, 6.07) is 2.44. The van der Waals surface area contributed by atoms with Crippen LogP contribution < -0.4 is 10.5 Å². The number of aromatic nitrogens is 4. The average molecular weight is 395 g/mol. The number of alkyl halides is 2. The first-order valence-electron chi connectivity index (χ1n) is 8.52. The van der Waals surface area contributed by atoms with Gasteiger partial charge in [-0.1, -0.05) is 12.1 Å². The van der Waals surface area contributed by atoms with E-state index in [1.807, 2.05) is 0 Å². The van der Waals surface area contributed by atoms with Crippen LogP contribution in [0.25, 0.3) is 11.0 Å². The third-order valence-electron chi connectivity index (χ3n) is 4.52. The fourth-order valence-corrected chi connectivity index (χ4v) is 2.97. The van der Waals surface area contributed by atoms with Gasteiger partial charge in [-0.15, -0.1) is 0 Å². The van der Waals surface area contributed by atoms with Crippen LogP contribution in [-0.2, 0) is 12.5 Å². The molecule has 0 aliphatic heterocycles. The number of halogens is 3. The van der Waals surface area contributed by atoms with Crippen molar-refractivity contribution in [3.8, 4) is 0 Å². The normalized spacial score (nSPS) is 13.1. The minimum absolute atomic E-state index is 0.0945. The van der Waals surface area contributed by atoms with Crippen molar-refractivity contribution in [1.82, 2.24) is 19.7 Å². The molecule has 0 bridgehead atoms. The quantitative estimate of drug-likeness (QED) is 0.693. The Kier molecular flexibility index (Phi) is 4.92. The second kappa shape index (κ2) is 6.93. The summed E-state index contributed by atoms with van der Waals surface area (Å²) in [6.45, 7) is 1.79. The summed E-state index contributed by atoms with van der Waals surface area (Å²) in [4.78, 5) is 21.0. The van der Waals surface area contributed by atoms with Gasteiger partial charge in [0.1, 0.15) is 16.9 Å². The molecule has 0 spiro atoms. The van der Waals surface area contributed by atoms with Crippen molar-refractivity contribution < 1.29 is 18.3 Å². The number of aromatic amines is 1. The Labute approximate surface area is 158 Å². The summed E-state index contributed by atoms with van der Waals surface area (Å²) < 4.78 is 42.8. The number of nitrogens with zero attached hydrogens (tertiary/aromatic N) is 4. The Morgan fingerprint density at radius 2 is 2.04 bits per heavy atom. The van der Waals surface area contributed by atoms with Crippen molar-refractivity contribution in [3.63, 3.8) is 0 Å². The number of aliphatic hydroxyl groups excluding tert-OH is 1. The minimum Gasteiger partial charge on any atom is -0.390 e. The van der Waals surface area contributed by atoms with Gasteiger partial charge in [0, 0.05) is 32.1 Å². The summed E-state index contributed by atoms with van der Waals surface area (Å²) in [6.07, 6.45) is 0. The van der Waals surface area contributed by atoms with Crippen molar-refractivity contribution in [3.05, 3.63) is 51.2 Å². The fourth-order valence-electron chi connectivity index (χ4n) is 2.97. The summed E-state index contributed by atoms with van der Waals surface area (Å²) in [5.74, 6) is -3.73. The summed E-state index contributed by atoms with van der Waals surface area (Å²) >= 11 is 0. The molecule has 0 radical (unpaired) electrons. The van der Waals surface area contributed by atoms with Crippen molar-refractivity contribution in [2.45, 2.75) is 32.4 Å². The first-order valence-corrected chi connectivity index (χ1v) is 8.52. The van der Waals surface area contributed by atoms with E-state index in [-0.39, 0.29) is 28.2 Å². The third kappa shape index (κ3) is 3.35. The molecule has 0 unspecified atom stereocenters. The number of rotatable bonds is 5. The molecule has 10 heteroatoms. The molecular weight excluding hydrogens is 375 g/mol. The largest absolute Gasteiger partial charge is 0.390 e. The highest BCUT2D eigenvalue weighted by Crippen LogP contribution is 2.31. The van der Waals surface area contributed by atoms with E-state index >= 15 is 0 Å². The van der Waals surface area contributed by atoms with Crippen LogP contribution in [0.2, 0.25) is 0 Å². The first kappa shape index (κ1) is 19.9. The number of hydrogen-bond donors (Lipinski definition) is 2. The highest BCUT2D eigenvalue weighted by atomic mass is 19.3. The molecule has 2 N–H and O–H groups in total. The van der Waals surface area contributed by atoms with Crippen molar-refractivity contribution in [1.29, 1.82) is 0 Å². The van der Waals surface area contributed by atoms with E-state index in [2.05, 4.69) is 15.1 Å². The van der Waals surface area contributed by atoms with Gasteiger partial charge in [0.2, 0.25) is 5.95 Å². The molecular formula is C18H20F3N5O2. The molecule has 150 valence electrons. The lowest BCUT2D eigenvalue weighted by Crippen LogP contribution is -2.20. The van der Waals surface area contributed by atoms with Gasteiger partial charge in [-0.3, -0.25) is 9.78 Å². The molecule has 0 aliphatic carbocycles. The molecule has 1 atom stereocenters. The summed E-state index contributed by atoms with van der Waals surface area (Å²) in [5, 5.41) is 13.9. The van der Waals surface area contributed by atoms with Gasteiger partial charge in [0.05, 0.1) is 12.6 Å². The molecule has 3 aromatic rings. The van der Waals surface area contributed by atoms with E-state index in [4.69, 9.17) is 0 Å². The van der Waals surface area contributed by atoms with Crippen LogP contribution in [0, 0.1) is 5.82 Å². The predicted octanol–water partition coefficient (Wildman–Crippen LogP) is 2.54. The summed E-state index contributed by atoms with van der Waals surface area (Å²) in [5.41, 5.74) is -0.564. The highest BCUT2D eigenvalue weighted by molar-refractivity contribution is 5.78. The highest BCUT2D eigenvalue weighted by Gasteiger charge is 2.27. The Morgan fingerprint density at radius 3 is 2.57 bits per heavy atom. The number of anilines is 1. The number of fused-ring (bicyclic) bond motifs is 1. The number of H-pyrrole nitrogens is 1. The maximum atomic E-state index is 14.6. The van der Waals surface area contributed by atoms with Crippen molar-refractivity contribution in [2.24, 2.45) is 0 Å². The zero-order valence-corrected chi connectivity index (χ0v) is 15.8. The van der Waals surface area contributed by atoms with Gasteiger partial charge in [-0.2, -0.15) is 10.1 Å². The molecule has 3 rings (SSSR count). The van der Waals surface area contributed by atoms with Crippen molar-refractivity contribution in [2.75, 3.05) is 19.0 Å². The minimum atomic E-state index is -3.17. The van der Waals surface area contributed by atoms with E-state index in [1.54, 1.807) is 25.9 Å². The standard InChI is InChI=1S/C18H20F3N5O2/c1-9(11-6-5-10(7-12(11)19)18(2,20)21)26-15-14(13(8-27)24-26)16(28)23-17(22-15)25(3)4/h5-7,9,27H,8H2,1-4H3,(H,22,23,28)/t9-/m1/s1. The molecule has 0 saturated heterocycles. The first-order chi connectivity index (χ1) is 13.0. The zero-order valence-electron chi connectivity index (χ0n) is 15.8. The molecule has 2 aromatic heterocycles. The van der Waals surface area contributed by atoms with E-state index in [1.165, 1.54) is 10.7 Å².